The SMILES string of the molecule is Cc1ncc(CO)c2c(Nc3ccccn3)c(NCCCCCCNc3oc4c(C)ncc(CO)c4c3Nc3ccccn3)oc12. The molecule has 12 nitrogen and oxygen atoms in total. The molecule has 0 amide bonds. The Morgan fingerprint density at radius 2 is 1.07 bits per heavy atom. The molecule has 238 valence electrons. The summed E-state index contributed by atoms with van der Waals surface area (Å²) in [4.78, 5) is 17.6. The van der Waals surface area contributed by atoms with Crippen molar-refractivity contribution < 1.29 is 19.0 Å². The monoisotopic (exact) mass is 622 g/mol. The van der Waals surface area contributed by atoms with Crippen LogP contribution in [-0.2, 0) is 13.2 Å². The molecule has 12 heteroatoms. The third-order valence-corrected chi connectivity index (χ3v) is 7.80. The number of hydrogen-bond donors (Lipinski definition) is 6. The van der Waals surface area contributed by atoms with Crippen LogP contribution in [0, 0.1) is 13.8 Å². The van der Waals surface area contributed by atoms with Crippen molar-refractivity contribution >= 4 is 56.7 Å². The number of nitrogens with zero attached hydrogens (tertiary/aromatic N) is 4. The van der Waals surface area contributed by atoms with Crippen LogP contribution < -0.4 is 21.3 Å². The Morgan fingerprint density at radius 1 is 0.609 bits per heavy atom. The number of nitrogens with one attached hydrogen (secondary N) is 4. The molecule has 6 heterocycles. The molecule has 0 fully saturated rings. The molecule has 46 heavy (non-hydrogen) atoms. The van der Waals surface area contributed by atoms with Crippen molar-refractivity contribution in [3.63, 3.8) is 0 Å². The summed E-state index contributed by atoms with van der Waals surface area (Å²) >= 11 is 0. The number of fused-ring (bicyclic) bond motifs is 2. The van der Waals surface area contributed by atoms with E-state index < -0.39 is 0 Å². The lowest BCUT2D eigenvalue weighted by Gasteiger charge is -2.10. The van der Waals surface area contributed by atoms with Crippen LogP contribution in [0.5, 0.6) is 0 Å². The highest BCUT2D eigenvalue weighted by Crippen LogP contribution is 2.41. The first kappa shape index (κ1) is 30.8. The smallest absolute Gasteiger partial charge is 0.218 e. The largest absolute Gasteiger partial charge is 0.436 e. The number of aliphatic hydroxyl groups is 2. The van der Waals surface area contributed by atoms with E-state index in [4.69, 9.17) is 8.83 Å². The van der Waals surface area contributed by atoms with E-state index >= 15 is 0 Å². The molecule has 0 aliphatic rings. The topological polar surface area (TPSA) is 166 Å². The van der Waals surface area contributed by atoms with Crippen molar-refractivity contribution in [3.8, 4) is 0 Å². The number of unbranched alkanes of at least 4 members (excludes halogenated alkanes) is 3. The van der Waals surface area contributed by atoms with Gasteiger partial charge in [0.15, 0.2) is 11.2 Å². The van der Waals surface area contributed by atoms with Gasteiger partial charge < -0.3 is 40.3 Å². The average molecular weight is 623 g/mol. The van der Waals surface area contributed by atoms with Crippen molar-refractivity contribution in [2.24, 2.45) is 0 Å². The molecule has 0 spiro atoms. The maximum atomic E-state index is 9.99. The Hall–Kier alpha value is -5.20. The van der Waals surface area contributed by atoms with Crippen LogP contribution in [0.1, 0.15) is 48.2 Å². The minimum Gasteiger partial charge on any atom is -0.436 e. The summed E-state index contributed by atoms with van der Waals surface area (Å²) < 4.78 is 12.4. The molecule has 0 aliphatic carbocycles. The molecule has 0 atom stereocenters. The Kier molecular flexibility index (Phi) is 9.56. The van der Waals surface area contributed by atoms with Gasteiger partial charge in [0, 0.05) is 49.0 Å². The van der Waals surface area contributed by atoms with Crippen LogP contribution in [0.2, 0.25) is 0 Å². The lowest BCUT2D eigenvalue weighted by molar-refractivity contribution is 0.282. The number of furan rings is 2. The molecule has 0 saturated carbocycles. The van der Waals surface area contributed by atoms with E-state index in [1.54, 1.807) is 24.8 Å². The first-order valence-corrected chi connectivity index (χ1v) is 15.4. The summed E-state index contributed by atoms with van der Waals surface area (Å²) in [6.07, 6.45) is 10.7. The fraction of sp³-hybridized carbons (Fsp3) is 0.294. The lowest BCUT2D eigenvalue weighted by atomic mass is 10.1. The summed E-state index contributed by atoms with van der Waals surface area (Å²) in [6, 6.07) is 11.3. The fourth-order valence-electron chi connectivity index (χ4n) is 5.44. The average Bonchev–Trinajstić information content (AvgIpc) is 3.63. The molecule has 6 rings (SSSR count). The predicted octanol–water partition coefficient (Wildman–Crippen LogP) is 6.93. The molecule has 0 radical (unpaired) electrons. The fourth-order valence-corrected chi connectivity index (χ4v) is 5.44. The number of pyridine rings is 4. The van der Waals surface area contributed by atoms with Crippen LogP contribution >= 0.6 is 0 Å². The molecular weight excluding hydrogens is 584 g/mol. The number of aliphatic hydroxyl groups excluding tert-OH is 2. The van der Waals surface area contributed by atoms with Gasteiger partial charge >= 0.3 is 0 Å². The number of aryl methyl sites for hydroxylation is 2. The van der Waals surface area contributed by atoms with Crippen molar-refractivity contribution in [1.82, 2.24) is 19.9 Å². The highest BCUT2D eigenvalue weighted by atomic mass is 16.4. The van der Waals surface area contributed by atoms with Gasteiger partial charge in [-0.1, -0.05) is 25.0 Å². The number of aromatic nitrogens is 4. The summed E-state index contributed by atoms with van der Waals surface area (Å²) in [5, 5.41) is 35.2. The van der Waals surface area contributed by atoms with Crippen LogP contribution in [-0.4, -0.2) is 43.2 Å². The summed E-state index contributed by atoms with van der Waals surface area (Å²) in [5.74, 6) is 2.55. The van der Waals surface area contributed by atoms with Gasteiger partial charge in [-0.2, -0.15) is 0 Å². The summed E-state index contributed by atoms with van der Waals surface area (Å²) in [5.41, 5.74) is 5.62. The summed E-state index contributed by atoms with van der Waals surface area (Å²) in [7, 11) is 0. The second-order valence-corrected chi connectivity index (χ2v) is 11.0. The normalized spacial score (nSPS) is 11.3. The van der Waals surface area contributed by atoms with Gasteiger partial charge in [0.05, 0.1) is 35.4 Å². The molecular formula is C34H38N8O4. The molecule has 0 aliphatic heterocycles. The molecule has 6 aromatic heterocycles. The highest BCUT2D eigenvalue weighted by Gasteiger charge is 2.21. The first-order chi connectivity index (χ1) is 22.6. The Balaban J connectivity index is 1.06. The zero-order chi connectivity index (χ0) is 31.9. The van der Waals surface area contributed by atoms with Gasteiger partial charge in [0.2, 0.25) is 11.8 Å². The highest BCUT2D eigenvalue weighted by molar-refractivity contribution is 6.02. The van der Waals surface area contributed by atoms with E-state index in [1.807, 2.05) is 50.2 Å². The Labute approximate surface area is 266 Å². The molecule has 0 bridgehead atoms. The lowest BCUT2D eigenvalue weighted by Crippen LogP contribution is -2.05. The van der Waals surface area contributed by atoms with E-state index in [2.05, 4.69) is 41.2 Å². The van der Waals surface area contributed by atoms with E-state index in [0.29, 0.717) is 58.8 Å². The molecule has 6 N–H and O–H groups in total. The minimum atomic E-state index is -0.151. The second-order valence-electron chi connectivity index (χ2n) is 11.0. The standard InChI is InChI=1S/C34H38N8O4/c1-21-31-27(23(19-43)17-39-21)29(41-25-11-5-9-13-35-25)33(45-31)37-15-7-3-4-8-16-38-34-30(42-26-12-6-10-14-36-26)28-24(20-44)18-40-22(2)32(28)46-34/h5-6,9-14,17-18,37-38,43-44H,3-4,7-8,15-16,19-20H2,1-2H3,(H,35,41)(H,36,42). The van der Waals surface area contributed by atoms with Crippen molar-refractivity contribution in [2.45, 2.75) is 52.7 Å². The van der Waals surface area contributed by atoms with E-state index in [1.165, 1.54) is 0 Å². The third kappa shape index (κ3) is 6.58. The number of hydrogen-bond acceptors (Lipinski definition) is 12. The van der Waals surface area contributed by atoms with Crippen LogP contribution in [0.4, 0.5) is 34.8 Å². The minimum absolute atomic E-state index is 0.151. The first-order valence-electron chi connectivity index (χ1n) is 15.4. The molecule has 0 unspecified atom stereocenters. The van der Waals surface area contributed by atoms with Crippen molar-refractivity contribution in [1.29, 1.82) is 0 Å². The van der Waals surface area contributed by atoms with Crippen LogP contribution in [0.15, 0.2) is 70.0 Å². The summed E-state index contributed by atoms with van der Waals surface area (Å²) in [6.45, 7) is 4.90. The van der Waals surface area contributed by atoms with E-state index in [-0.39, 0.29) is 13.2 Å². The zero-order valence-electron chi connectivity index (χ0n) is 25.9. The predicted molar refractivity (Wildman–Crippen MR) is 180 cm³/mol. The number of anilines is 6. The van der Waals surface area contributed by atoms with E-state index in [0.717, 1.165) is 59.2 Å². The van der Waals surface area contributed by atoms with Crippen molar-refractivity contribution in [2.75, 3.05) is 34.4 Å². The van der Waals surface area contributed by atoms with Gasteiger partial charge in [-0.3, -0.25) is 9.97 Å². The van der Waals surface area contributed by atoms with E-state index in [9.17, 15) is 10.2 Å². The third-order valence-electron chi connectivity index (χ3n) is 7.80. The van der Waals surface area contributed by atoms with Gasteiger partial charge in [-0.05, 0) is 51.0 Å². The second kappa shape index (κ2) is 14.3. The quantitative estimate of drug-likeness (QED) is 0.0655. The maximum Gasteiger partial charge on any atom is 0.218 e. The molecule has 0 saturated heterocycles. The zero-order valence-corrected chi connectivity index (χ0v) is 25.9. The van der Waals surface area contributed by atoms with Gasteiger partial charge in [-0.15, -0.1) is 0 Å². The Bertz CT molecular complexity index is 1770. The number of rotatable bonds is 15. The Morgan fingerprint density at radius 3 is 1.46 bits per heavy atom. The van der Waals surface area contributed by atoms with Gasteiger partial charge in [-0.25, -0.2) is 9.97 Å². The van der Waals surface area contributed by atoms with Gasteiger partial charge in [0.1, 0.15) is 23.0 Å². The van der Waals surface area contributed by atoms with Crippen LogP contribution in [0.25, 0.3) is 21.9 Å². The molecule has 0 aromatic carbocycles. The van der Waals surface area contributed by atoms with Crippen molar-refractivity contribution in [3.05, 3.63) is 83.7 Å². The van der Waals surface area contributed by atoms with Gasteiger partial charge in [0.25, 0.3) is 0 Å². The van der Waals surface area contributed by atoms with Crippen LogP contribution in [0.3, 0.4) is 0 Å². The molecule has 6 aromatic rings. The maximum absolute atomic E-state index is 9.99.